The standard InChI is InChI=1S/C11H25NO2/c1-9(7-11(3,4)14-6)12-10(2)8-13-5/h9-10,12H,7-8H2,1-6H3/t9-,10+/m1/s1. The van der Waals surface area contributed by atoms with Gasteiger partial charge in [0.15, 0.2) is 0 Å². The van der Waals surface area contributed by atoms with Crippen LogP contribution in [0.4, 0.5) is 0 Å². The van der Waals surface area contributed by atoms with Crippen molar-refractivity contribution in [3.8, 4) is 0 Å². The number of ether oxygens (including phenoxy) is 2. The molecule has 0 rings (SSSR count). The fourth-order valence-corrected chi connectivity index (χ4v) is 1.66. The van der Waals surface area contributed by atoms with Gasteiger partial charge in [-0.05, 0) is 34.1 Å². The highest BCUT2D eigenvalue weighted by molar-refractivity contribution is 4.77. The van der Waals surface area contributed by atoms with Gasteiger partial charge in [0.2, 0.25) is 0 Å². The van der Waals surface area contributed by atoms with Gasteiger partial charge in [-0.15, -0.1) is 0 Å². The van der Waals surface area contributed by atoms with Gasteiger partial charge in [0.05, 0.1) is 12.2 Å². The molecule has 0 amide bonds. The van der Waals surface area contributed by atoms with Crippen LogP contribution in [0, 0.1) is 0 Å². The van der Waals surface area contributed by atoms with Crippen molar-refractivity contribution in [1.29, 1.82) is 0 Å². The minimum Gasteiger partial charge on any atom is -0.383 e. The van der Waals surface area contributed by atoms with Crippen LogP contribution in [-0.2, 0) is 9.47 Å². The summed E-state index contributed by atoms with van der Waals surface area (Å²) in [6.07, 6.45) is 0.998. The molecule has 0 aliphatic heterocycles. The van der Waals surface area contributed by atoms with E-state index in [2.05, 4.69) is 33.0 Å². The average Bonchev–Trinajstić information content (AvgIpc) is 2.03. The van der Waals surface area contributed by atoms with Crippen molar-refractivity contribution in [3.63, 3.8) is 0 Å². The maximum Gasteiger partial charge on any atom is 0.0637 e. The molecule has 0 aromatic rings. The molecule has 0 unspecified atom stereocenters. The van der Waals surface area contributed by atoms with E-state index in [4.69, 9.17) is 9.47 Å². The van der Waals surface area contributed by atoms with E-state index in [9.17, 15) is 0 Å². The second-order valence-corrected chi connectivity index (χ2v) is 4.59. The van der Waals surface area contributed by atoms with Crippen molar-refractivity contribution in [2.75, 3.05) is 20.8 Å². The van der Waals surface area contributed by atoms with Crippen molar-refractivity contribution in [3.05, 3.63) is 0 Å². The molecule has 0 saturated heterocycles. The summed E-state index contributed by atoms with van der Waals surface area (Å²) in [5, 5.41) is 3.47. The first kappa shape index (κ1) is 13.9. The molecule has 0 heterocycles. The smallest absolute Gasteiger partial charge is 0.0637 e. The Morgan fingerprint density at radius 3 is 2.14 bits per heavy atom. The van der Waals surface area contributed by atoms with E-state index >= 15 is 0 Å². The Hall–Kier alpha value is -0.120. The third-order valence-corrected chi connectivity index (χ3v) is 2.34. The molecule has 14 heavy (non-hydrogen) atoms. The average molecular weight is 203 g/mol. The van der Waals surface area contributed by atoms with Crippen molar-refractivity contribution < 1.29 is 9.47 Å². The van der Waals surface area contributed by atoms with Gasteiger partial charge in [-0.3, -0.25) is 0 Å². The minimum atomic E-state index is -0.0563. The highest BCUT2D eigenvalue weighted by Gasteiger charge is 2.20. The molecule has 0 saturated carbocycles. The van der Waals surface area contributed by atoms with E-state index in [1.165, 1.54) is 0 Å². The SMILES string of the molecule is COC[C@H](C)N[C@H](C)CC(C)(C)OC. The van der Waals surface area contributed by atoms with Gasteiger partial charge in [-0.2, -0.15) is 0 Å². The quantitative estimate of drug-likeness (QED) is 0.684. The summed E-state index contributed by atoms with van der Waals surface area (Å²) in [6.45, 7) is 9.25. The molecule has 0 radical (unpaired) electrons. The predicted octanol–water partition coefficient (Wildman–Crippen LogP) is 1.81. The van der Waals surface area contributed by atoms with Crippen molar-refractivity contribution in [2.45, 2.75) is 51.8 Å². The normalized spacial score (nSPS) is 16.7. The Morgan fingerprint density at radius 1 is 1.14 bits per heavy atom. The van der Waals surface area contributed by atoms with E-state index in [0.717, 1.165) is 13.0 Å². The van der Waals surface area contributed by atoms with Gasteiger partial charge >= 0.3 is 0 Å². The van der Waals surface area contributed by atoms with Crippen molar-refractivity contribution >= 4 is 0 Å². The lowest BCUT2D eigenvalue weighted by atomic mass is 9.99. The number of methoxy groups -OCH3 is 2. The molecule has 0 aliphatic carbocycles. The largest absolute Gasteiger partial charge is 0.383 e. The number of rotatable bonds is 7. The van der Waals surface area contributed by atoms with Crippen LogP contribution in [0.25, 0.3) is 0 Å². The Morgan fingerprint density at radius 2 is 1.71 bits per heavy atom. The highest BCUT2D eigenvalue weighted by Crippen LogP contribution is 2.15. The number of hydrogen-bond donors (Lipinski definition) is 1. The third kappa shape index (κ3) is 6.35. The highest BCUT2D eigenvalue weighted by atomic mass is 16.5. The van der Waals surface area contributed by atoms with Gasteiger partial charge in [0.25, 0.3) is 0 Å². The van der Waals surface area contributed by atoms with Crippen LogP contribution in [0.2, 0.25) is 0 Å². The Kier molecular flexibility index (Phi) is 6.33. The Labute approximate surface area is 88.2 Å². The lowest BCUT2D eigenvalue weighted by Gasteiger charge is -2.28. The molecule has 0 fully saturated rings. The van der Waals surface area contributed by atoms with Gasteiger partial charge < -0.3 is 14.8 Å². The predicted molar refractivity (Wildman–Crippen MR) is 59.6 cm³/mol. The molecule has 0 spiro atoms. The minimum absolute atomic E-state index is 0.0563. The van der Waals surface area contributed by atoms with E-state index in [1.807, 2.05) is 0 Å². The van der Waals surface area contributed by atoms with Crippen LogP contribution in [-0.4, -0.2) is 38.5 Å². The van der Waals surface area contributed by atoms with Crippen LogP contribution in [0.5, 0.6) is 0 Å². The molecule has 3 nitrogen and oxygen atoms in total. The number of hydrogen-bond acceptors (Lipinski definition) is 3. The van der Waals surface area contributed by atoms with Crippen LogP contribution < -0.4 is 5.32 Å². The van der Waals surface area contributed by atoms with Crippen molar-refractivity contribution in [2.24, 2.45) is 0 Å². The van der Waals surface area contributed by atoms with E-state index < -0.39 is 0 Å². The molecule has 0 aliphatic rings. The second-order valence-electron chi connectivity index (χ2n) is 4.59. The zero-order valence-corrected chi connectivity index (χ0v) is 10.4. The van der Waals surface area contributed by atoms with Gasteiger partial charge in [0, 0.05) is 26.3 Å². The molecule has 0 aromatic heterocycles. The lowest BCUT2D eigenvalue weighted by Crippen LogP contribution is -2.41. The molecular weight excluding hydrogens is 178 g/mol. The second kappa shape index (κ2) is 6.38. The number of nitrogens with one attached hydrogen (secondary N) is 1. The van der Waals surface area contributed by atoms with Crippen LogP contribution >= 0.6 is 0 Å². The van der Waals surface area contributed by atoms with E-state index in [1.54, 1.807) is 14.2 Å². The lowest BCUT2D eigenvalue weighted by molar-refractivity contribution is 0.00693. The first-order valence-electron chi connectivity index (χ1n) is 5.21. The molecule has 2 atom stereocenters. The summed E-state index contributed by atoms with van der Waals surface area (Å²) < 4.78 is 10.4. The Bertz CT molecular complexity index is 148. The summed E-state index contributed by atoms with van der Waals surface area (Å²) >= 11 is 0. The van der Waals surface area contributed by atoms with Crippen LogP contribution in [0.15, 0.2) is 0 Å². The first-order chi connectivity index (χ1) is 6.41. The summed E-state index contributed by atoms with van der Waals surface area (Å²) in [4.78, 5) is 0. The Balaban J connectivity index is 3.79. The fourth-order valence-electron chi connectivity index (χ4n) is 1.66. The third-order valence-electron chi connectivity index (χ3n) is 2.34. The zero-order chi connectivity index (χ0) is 11.2. The summed E-state index contributed by atoms with van der Waals surface area (Å²) in [5.74, 6) is 0. The van der Waals surface area contributed by atoms with E-state index in [0.29, 0.717) is 12.1 Å². The molecule has 1 N–H and O–H groups in total. The fraction of sp³-hybridized carbons (Fsp3) is 1.00. The molecule has 0 aromatic carbocycles. The van der Waals surface area contributed by atoms with Gasteiger partial charge in [-0.1, -0.05) is 0 Å². The van der Waals surface area contributed by atoms with Gasteiger partial charge in [-0.25, -0.2) is 0 Å². The van der Waals surface area contributed by atoms with Crippen molar-refractivity contribution in [1.82, 2.24) is 5.32 Å². The monoisotopic (exact) mass is 203 g/mol. The maximum atomic E-state index is 5.38. The van der Waals surface area contributed by atoms with Gasteiger partial charge in [0.1, 0.15) is 0 Å². The molecule has 86 valence electrons. The maximum absolute atomic E-state index is 5.38. The molecular formula is C11H25NO2. The topological polar surface area (TPSA) is 30.5 Å². The molecule has 0 bridgehead atoms. The summed E-state index contributed by atoms with van der Waals surface area (Å²) in [7, 11) is 3.48. The zero-order valence-electron chi connectivity index (χ0n) is 10.4. The van der Waals surface area contributed by atoms with Crippen LogP contribution in [0.3, 0.4) is 0 Å². The van der Waals surface area contributed by atoms with E-state index in [-0.39, 0.29) is 5.60 Å². The first-order valence-corrected chi connectivity index (χ1v) is 5.21. The summed E-state index contributed by atoms with van der Waals surface area (Å²) in [6, 6.07) is 0.831. The molecule has 3 heteroatoms. The van der Waals surface area contributed by atoms with Crippen LogP contribution in [0.1, 0.15) is 34.1 Å². The summed E-state index contributed by atoms with van der Waals surface area (Å²) in [5.41, 5.74) is -0.0563.